The zero-order chi connectivity index (χ0) is 13.1. The highest BCUT2D eigenvalue weighted by atomic mass is 35.5. The smallest absolute Gasteiger partial charge is 0.0659 e. The monoisotopic (exact) mass is 268 g/mol. The molecule has 0 spiro atoms. The second-order valence-corrected chi connectivity index (χ2v) is 4.79. The molecule has 1 aromatic heterocycles. The Morgan fingerprint density at radius 2 is 1.89 bits per heavy atom. The van der Waals surface area contributed by atoms with Crippen molar-refractivity contribution in [3.05, 3.63) is 77.6 Å². The first-order valence-electron chi connectivity index (χ1n) is 6.14. The summed E-state index contributed by atoms with van der Waals surface area (Å²) in [4.78, 5) is 0. The van der Waals surface area contributed by atoms with E-state index in [1.165, 1.54) is 5.56 Å². The van der Waals surface area contributed by atoms with Crippen molar-refractivity contribution in [3.8, 4) is 11.1 Å². The maximum absolute atomic E-state index is 6.24. The second kappa shape index (κ2) is 5.29. The summed E-state index contributed by atoms with van der Waals surface area (Å²) in [5, 5.41) is 5.00. The highest BCUT2D eigenvalue weighted by Gasteiger charge is 2.03. The molecule has 1 heterocycles. The van der Waals surface area contributed by atoms with Crippen LogP contribution in [-0.4, -0.2) is 9.78 Å². The SMILES string of the molecule is Clc1ccccc1-c1cccc(Cn2cccn2)c1. The first kappa shape index (κ1) is 12.0. The molecule has 0 bridgehead atoms. The molecule has 94 valence electrons. The lowest BCUT2D eigenvalue weighted by Gasteiger charge is -2.07. The quantitative estimate of drug-likeness (QED) is 0.694. The Morgan fingerprint density at radius 3 is 2.68 bits per heavy atom. The molecule has 0 amide bonds. The van der Waals surface area contributed by atoms with E-state index >= 15 is 0 Å². The van der Waals surface area contributed by atoms with Crippen molar-refractivity contribution in [2.75, 3.05) is 0 Å². The van der Waals surface area contributed by atoms with E-state index in [1.807, 2.05) is 41.2 Å². The van der Waals surface area contributed by atoms with E-state index in [1.54, 1.807) is 6.20 Å². The Bertz CT molecular complexity index is 675. The Morgan fingerprint density at radius 1 is 1.00 bits per heavy atom. The van der Waals surface area contributed by atoms with Crippen LogP contribution in [0, 0.1) is 0 Å². The van der Waals surface area contributed by atoms with Crippen LogP contribution in [0.15, 0.2) is 67.0 Å². The molecule has 0 aliphatic carbocycles. The van der Waals surface area contributed by atoms with Crippen molar-refractivity contribution in [2.24, 2.45) is 0 Å². The molecular weight excluding hydrogens is 256 g/mol. The molecule has 2 aromatic carbocycles. The maximum atomic E-state index is 6.24. The van der Waals surface area contributed by atoms with Gasteiger partial charge in [0.25, 0.3) is 0 Å². The zero-order valence-electron chi connectivity index (χ0n) is 10.3. The molecule has 0 saturated heterocycles. The predicted molar refractivity (Wildman–Crippen MR) is 78.2 cm³/mol. The minimum Gasteiger partial charge on any atom is -0.268 e. The fourth-order valence-corrected chi connectivity index (χ4v) is 2.36. The summed E-state index contributed by atoms with van der Waals surface area (Å²) in [5.41, 5.74) is 3.41. The minimum atomic E-state index is 0.769. The summed E-state index contributed by atoms with van der Waals surface area (Å²) in [6.45, 7) is 0.769. The van der Waals surface area contributed by atoms with E-state index in [4.69, 9.17) is 11.6 Å². The van der Waals surface area contributed by atoms with E-state index in [9.17, 15) is 0 Å². The number of aromatic nitrogens is 2. The summed E-state index contributed by atoms with van der Waals surface area (Å²) in [6.07, 6.45) is 3.75. The summed E-state index contributed by atoms with van der Waals surface area (Å²) in [7, 11) is 0. The molecule has 19 heavy (non-hydrogen) atoms. The van der Waals surface area contributed by atoms with E-state index in [2.05, 4.69) is 29.4 Å². The van der Waals surface area contributed by atoms with E-state index in [0.717, 1.165) is 22.7 Å². The summed E-state index contributed by atoms with van der Waals surface area (Å²) in [6, 6.07) is 18.2. The third-order valence-electron chi connectivity index (χ3n) is 3.02. The Kier molecular flexibility index (Phi) is 3.34. The molecule has 0 fully saturated rings. The average molecular weight is 269 g/mol. The van der Waals surface area contributed by atoms with Gasteiger partial charge in [-0.1, -0.05) is 48.0 Å². The fraction of sp³-hybridized carbons (Fsp3) is 0.0625. The number of halogens is 1. The highest BCUT2D eigenvalue weighted by Crippen LogP contribution is 2.28. The topological polar surface area (TPSA) is 17.8 Å². The van der Waals surface area contributed by atoms with Crippen molar-refractivity contribution in [2.45, 2.75) is 6.54 Å². The molecule has 0 saturated carbocycles. The standard InChI is InChI=1S/C16H13ClN2/c17-16-8-2-1-7-15(16)14-6-3-5-13(11-14)12-19-10-4-9-18-19/h1-11H,12H2. The zero-order valence-corrected chi connectivity index (χ0v) is 11.1. The van der Waals surface area contributed by atoms with Crippen molar-refractivity contribution in [3.63, 3.8) is 0 Å². The van der Waals surface area contributed by atoms with Crippen LogP contribution in [0.5, 0.6) is 0 Å². The lowest BCUT2D eigenvalue weighted by atomic mass is 10.0. The van der Waals surface area contributed by atoms with Crippen molar-refractivity contribution >= 4 is 11.6 Å². The lowest BCUT2D eigenvalue weighted by Crippen LogP contribution is -1.99. The third kappa shape index (κ3) is 2.69. The summed E-state index contributed by atoms with van der Waals surface area (Å²) in [5.74, 6) is 0. The molecule has 0 aliphatic heterocycles. The predicted octanol–water partition coefficient (Wildman–Crippen LogP) is 4.25. The van der Waals surface area contributed by atoms with Crippen LogP contribution >= 0.6 is 11.6 Å². The summed E-state index contributed by atoms with van der Waals surface area (Å²) >= 11 is 6.24. The van der Waals surface area contributed by atoms with Gasteiger partial charge in [-0.3, -0.25) is 4.68 Å². The molecule has 0 unspecified atom stereocenters. The highest BCUT2D eigenvalue weighted by molar-refractivity contribution is 6.33. The molecule has 0 N–H and O–H groups in total. The number of hydrogen-bond acceptors (Lipinski definition) is 1. The Labute approximate surface area is 117 Å². The van der Waals surface area contributed by atoms with Crippen LogP contribution in [0.2, 0.25) is 5.02 Å². The summed E-state index contributed by atoms with van der Waals surface area (Å²) < 4.78 is 1.91. The van der Waals surface area contributed by atoms with Gasteiger partial charge in [-0.05, 0) is 29.3 Å². The van der Waals surface area contributed by atoms with Gasteiger partial charge in [0, 0.05) is 23.0 Å². The van der Waals surface area contributed by atoms with Crippen LogP contribution in [0.3, 0.4) is 0 Å². The van der Waals surface area contributed by atoms with E-state index in [0.29, 0.717) is 0 Å². The molecule has 0 aliphatic rings. The molecule has 3 rings (SSSR count). The number of benzene rings is 2. The first-order valence-corrected chi connectivity index (χ1v) is 6.52. The fourth-order valence-electron chi connectivity index (χ4n) is 2.11. The van der Waals surface area contributed by atoms with Gasteiger partial charge < -0.3 is 0 Å². The van der Waals surface area contributed by atoms with Gasteiger partial charge in [-0.15, -0.1) is 0 Å². The molecule has 0 atom stereocenters. The molecule has 3 heteroatoms. The molecular formula is C16H13ClN2. The number of nitrogens with zero attached hydrogens (tertiary/aromatic N) is 2. The average Bonchev–Trinajstić information content (AvgIpc) is 2.92. The normalized spacial score (nSPS) is 10.6. The van der Waals surface area contributed by atoms with E-state index in [-0.39, 0.29) is 0 Å². The van der Waals surface area contributed by atoms with Crippen molar-refractivity contribution in [1.82, 2.24) is 9.78 Å². The lowest BCUT2D eigenvalue weighted by molar-refractivity contribution is 0.687. The minimum absolute atomic E-state index is 0.769. The first-order chi connectivity index (χ1) is 9.33. The molecule has 0 radical (unpaired) electrons. The van der Waals surface area contributed by atoms with Gasteiger partial charge in [0.05, 0.1) is 6.54 Å². The van der Waals surface area contributed by atoms with Crippen molar-refractivity contribution < 1.29 is 0 Å². The molecule has 3 aromatic rings. The Balaban J connectivity index is 1.94. The molecule has 2 nitrogen and oxygen atoms in total. The van der Waals surface area contributed by atoms with Gasteiger partial charge >= 0.3 is 0 Å². The van der Waals surface area contributed by atoms with Crippen molar-refractivity contribution in [1.29, 1.82) is 0 Å². The van der Waals surface area contributed by atoms with E-state index < -0.39 is 0 Å². The largest absolute Gasteiger partial charge is 0.268 e. The third-order valence-corrected chi connectivity index (χ3v) is 3.35. The van der Waals surface area contributed by atoms with Gasteiger partial charge in [-0.2, -0.15) is 5.10 Å². The van der Waals surface area contributed by atoms with Gasteiger partial charge in [-0.25, -0.2) is 0 Å². The van der Waals surface area contributed by atoms with Crippen LogP contribution in [0.25, 0.3) is 11.1 Å². The second-order valence-electron chi connectivity index (χ2n) is 4.38. The maximum Gasteiger partial charge on any atom is 0.0659 e. The number of hydrogen-bond donors (Lipinski definition) is 0. The van der Waals surface area contributed by atoms with Crippen LogP contribution in [0.1, 0.15) is 5.56 Å². The van der Waals surface area contributed by atoms with Crippen LogP contribution < -0.4 is 0 Å². The van der Waals surface area contributed by atoms with Gasteiger partial charge in [0.2, 0.25) is 0 Å². The van der Waals surface area contributed by atoms with Crippen LogP contribution in [0.4, 0.5) is 0 Å². The Hall–Kier alpha value is -2.06. The van der Waals surface area contributed by atoms with Gasteiger partial charge in [0.1, 0.15) is 0 Å². The number of rotatable bonds is 3. The van der Waals surface area contributed by atoms with Crippen LogP contribution in [-0.2, 0) is 6.54 Å². The van der Waals surface area contributed by atoms with Gasteiger partial charge in [0.15, 0.2) is 0 Å².